The van der Waals surface area contributed by atoms with Crippen LogP contribution in [0.25, 0.3) is 11.3 Å². The second-order valence-corrected chi connectivity index (χ2v) is 7.07. The molecule has 0 unspecified atom stereocenters. The summed E-state index contributed by atoms with van der Waals surface area (Å²) in [5.41, 5.74) is 7.62. The second kappa shape index (κ2) is 7.84. The van der Waals surface area contributed by atoms with Crippen LogP contribution in [0.2, 0.25) is 0 Å². The molecule has 2 atom stereocenters. The third-order valence-electron chi connectivity index (χ3n) is 4.60. The molecule has 6 nitrogen and oxygen atoms in total. The van der Waals surface area contributed by atoms with Crippen LogP contribution in [0, 0.1) is 5.92 Å². The molecule has 1 aromatic carbocycles. The van der Waals surface area contributed by atoms with Crippen molar-refractivity contribution in [2.45, 2.75) is 31.7 Å². The molecular weight excluding hydrogens is 338 g/mol. The molecular formula is C18H23N3O3S. The summed E-state index contributed by atoms with van der Waals surface area (Å²) in [7, 11) is 3.23. The molecule has 1 saturated carbocycles. The first-order valence-electron chi connectivity index (χ1n) is 8.34. The van der Waals surface area contributed by atoms with E-state index in [0.29, 0.717) is 17.3 Å². The van der Waals surface area contributed by atoms with Crippen molar-refractivity contribution in [3.63, 3.8) is 0 Å². The quantitative estimate of drug-likeness (QED) is 0.824. The first-order valence-corrected chi connectivity index (χ1v) is 9.22. The van der Waals surface area contributed by atoms with Crippen LogP contribution in [-0.2, 0) is 4.79 Å². The van der Waals surface area contributed by atoms with Gasteiger partial charge in [0.15, 0.2) is 5.13 Å². The van der Waals surface area contributed by atoms with Gasteiger partial charge in [-0.2, -0.15) is 0 Å². The highest BCUT2D eigenvalue weighted by Gasteiger charge is 2.26. The summed E-state index contributed by atoms with van der Waals surface area (Å²) in [5.74, 6) is 1.68. The Hall–Kier alpha value is -2.12. The largest absolute Gasteiger partial charge is 0.497 e. The number of thiazole rings is 1. The number of carbonyl (C=O) groups excluding carboxylic acids is 1. The highest BCUT2D eigenvalue weighted by atomic mass is 32.1. The number of carbonyl (C=O) groups is 1. The molecule has 3 N–H and O–H groups in total. The molecule has 0 spiro atoms. The Balaban J connectivity index is 1.71. The van der Waals surface area contributed by atoms with Crippen molar-refractivity contribution in [3.8, 4) is 22.8 Å². The van der Waals surface area contributed by atoms with Gasteiger partial charge in [-0.15, -0.1) is 11.3 Å². The normalized spacial score (nSPS) is 19.6. The lowest BCUT2D eigenvalue weighted by atomic mass is 10.00. The highest BCUT2D eigenvalue weighted by Crippen LogP contribution is 2.35. The standard InChI is InChI=1S/C18H23N3O3S/c1-23-12-6-7-16(24-2)13(9-12)15-10-25-18(20-15)21-17(22)8-11-4-3-5-14(11)19/h6-7,9-11,14H,3-5,8,19H2,1-2H3,(H,20,21,22)/t11-,14+/m0/s1. The summed E-state index contributed by atoms with van der Waals surface area (Å²) < 4.78 is 10.7. The summed E-state index contributed by atoms with van der Waals surface area (Å²) in [6.07, 6.45) is 3.60. The van der Waals surface area contributed by atoms with Crippen molar-refractivity contribution >= 4 is 22.4 Å². The van der Waals surface area contributed by atoms with Gasteiger partial charge in [0, 0.05) is 23.4 Å². The van der Waals surface area contributed by atoms with Crippen molar-refractivity contribution in [1.82, 2.24) is 4.98 Å². The number of hydrogen-bond acceptors (Lipinski definition) is 6. The number of anilines is 1. The van der Waals surface area contributed by atoms with Gasteiger partial charge in [0.2, 0.25) is 5.91 Å². The lowest BCUT2D eigenvalue weighted by Crippen LogP contribution is -2.28. The molecule has 1 heterocycles. The van der Waals surface area contributed by atoms with Crippen LogP contribution in [0.4, 0.5) is 5.13 Å². The van der Waals surface area contributed by atoms with Crippen molar-refractivity contribution in [1.29, 1.82) is 0 Å². The number of methoxy groups -OCH3 is 2. The summed E-state index contributed by atoms with van der Waals surface area (Å²) in [6.45, 7) is 0. The Morgan fingerprint density at radius 3 is 2.88 bits per heavy atom. The summed E-state index contributed by atoms with van der Waals surface area (Å²) >= 11 is 1.39. The third kappa shape index (κ3) is 4.11. The Labute approximate surface area is 151 Å². The summed E-state index contributed by atoms with van der Waals surface area (Å²) in [6, 6.07) is 5.69. The van der Waals surface area contributed by atoms with Crippen molar-refractivity contribution in [2.24, 2.45) is 11.7 Å². The van der Waals surface area contributed by atoms with Crippen molar-refractivity contribution < 1.29 is 14.3 Å². The van der Waals surface area contributed by atoms with Crippen LogP contribution < -0.4 is 20.5 Å². The molecule has 25 heavy (non-hydrogen) atoms. The van der Waals surface area contributed by atoms with E-state index in [1.807, 2.05) is 23.6 Å². The van der Waals surface area contributed by atoms with E-state index in [-0.39, 0.29) is 17.9 Å². The molecule has 3 rings (SSSR count). The monoisotopic (exact) mass is 361 g/mol. The van der Waals surface area contributed by atoms with Gasteiger partial charge in [0.05, 0.1) is 19.9 Å². The van der Waals surface area contributed by atoms with Crippen molar-refractivity contribution in [2.75, 3.05) is 19.5 Å². The first-order chi connectivity index (χ1) is 12.1. The minimum absolute atomic E-state index is 0.0270. The van der Waals surface area contributed by atoms with Crippen molar-refractivity contribution in [3.05, 3.63) is 23.6 Å². The maximum Gasteiger partial charge on any atom is 0.226 e. The summed E-state index contributed by atoms with van der Waals surface area (Å²) in [5, 5.41) is 5.36. The zero-order chi connectivity index (χ0) is 17.8. The van der Waals surface area contributed by atoms with E-state index in [9.17, 15) is 4.79 Å². The van der Waals surface area contributed by atoms with E-state index in [1.54, 1.807) is 14.2 Å². The number of rotatable bonds is 6. The van der Waals surface area contributed by atoms with Crippen LogP contribution in [0.1, 0.15) is 25.7 Å². The number of nitrogens with two attached hydrogens (primary N) is 1. The molecule has 1 fully saturated rings. The molecule has 0 bridgehead atoms. The van der Waals surface area contributed by atoms with Gasteiger partial charge in [-0.25, -0.2) is 4.98 Å². The number of nitrogens with one attached hydrogen (secondary N) is 1. The summed E-state index contributed by atoms with van der Waals surface area (Å²) in [4.78, 5) is 16.8. The predicted molar refractivity (Wildman–Crippen MR) is 99.2 cm³/mol. The molecule has 0 aliphatic heterocycles. The van der Waals surface area contributed by atoms with Gasteiger partial charge in [0.25, 0.3) is 0 Å². The minimum atomic E-state index is -0.0270. The average Bonchev–Trinajstić information content (AvgIpc) is 3.23. The molecule has 2 aromatic rings. The molecule has 1 aliphatic carbocycles. The number of nitrogens with zero attached hydrogens (tertiary/aromatic N) is 1. The minimum Gasteiger partial charge on any atom is -0.497 e. The number of benzene rings is 1. The molecule has 134 valence electrons. The fourth-order valence-electron chi connectivity index (χ4n) is 3.20. The zero-order valence-corrected chi connectivity index (χ0v) is 15.3. The van der Waals surface area contributed by atoms with E-state index >= 15 is 0 Å². The Kier molecular flexibility index (Phi) is 5.55. The topological polar surface area (TPSA) is 86.5 Å². The molecule has 1 amide bonds. The van der Waals surface area contributed by atoms with E-state index in [0.717, 1.165) is 36.3 Å². The first kappa shape index (κ1) is 17.7. The van der Waals surface area contributed by atoms with Gasteiger partial charge >= 0.3 is 0 Å². The van der Waals surface area contributed by atoms with Gasteiger partial charge < -0.3 is 20.5 Å². The fourth-order valence-corrected chi connectivity index (χ4v) is 3.92. The molecule has 7 heteroatoms. The smallest absolute Gasteiger partial charge is 0.226 e. The fraction of sp³-hybridized carbons (Fsp3) is 0.444. The van der Waals surface area contributed by atoms with Crippen LogP contribution >= 0.6 is 11.3 Å². The van der Waals surface area contributed by atoms with E-state index in [1.165, 1.54) is 11.3 Å². The molecule has 1 aromatic heterocycles. The van der Waals surface area contributed by atoms with E-state index in [2.05, 4.69) is 10.3 Å². The predicted octanol–water partition coefficient (Wildman–Crippen LogP) is 3.28. The second-order valence-electron chi connectivity index (χ2n) is 6.21. The number of amides is 1. The lowest BCUT2D eigenvalue weighted by molar-refractivity contribution is -0.117. The molecule has 0 saturated heterocycles. The number of aromatic nitrogens is 1. The van der Waals surface area contributed by atoms with Gasteiger partial charge in [-0.05, 0) is 37.0 Å². The van der Waals surface area contributed by atoms with Crippen LogP contribution in [0.5, 0.6) is 11.5 Å². The van der Waals surface area contributed by atoms with Gasteiger partial charge in [-0.1, -0.05) is 6.42 Å². The Morgan fingerprint density at radius 2 is 2.20 bits per heavy atom. The zero-order valence-electron chi connectivity index (χ0n) is 14.5. The lowest BCUT2D eigenvalue weighted by Gasteiger charge is -2.13. The van der Waals surface area contributed by atoms with Gasteiger partial charge in [0.1, 0.15) is 11.5 Å². The number of ether oxygens (including phenoxy) is 2. The van der Waals surface area contributed by atoms with Crippen LogP contribution in [-0.4, -0.2) is 31.2 Å². The maximum atomic E-state index is 12.2. The Morgan fingerprint density at radius 1 is 1.36 bits per heavy atom. The highest BCUT2D eigenvalue weighted by molar-refractivity contribution is 7.14. The molecule has 1 aliphatic rings. The van der Waals surface area contributed by atoms with Gasteiger partial charge in [-0.3, -0.25) is 4.79 Å². The van der Waals surface area contributed by atoms with Crippen LogP contribution in [0.15, 0.2) is 23.6 Å². The van der Waals surface area contributed by atoms with E-state index < -0.39 is 0 Å². The molecule has 0 radical (unpaired) electrons. The average molecular weight is 361 g/mol. The third-order valence-corrected chi connectivity index (χ3v) is 5.36. The van der Waals surface area contributed by atoms with E-state index in [4.69, 9.17) is 15.2 Å². The Bertz CT molecular complexity index is 747. The van der Waals surface area contributed by atoms with Crippen LogP contribution in [0.3, 0.4) is 0 Å². The number of hydrogen-bond donors (Lipinski definition) is 2. The SMILES string of the molecule is COc1ccc(OC)c(-c2csc(NC(=O)C[C@@H]3CCC[C@H]3N)n2)c1. The maximum absolute atomic E-state index is 12.2.